The first-order chi connectivity index (χ1) is 12.9. The molecule has 1 saturated heterocycles. The van der Waals surface area contributed by atoms with Gasteiger partial charge in [0.15, 0.2) is 9.84 Å². The van der Waals surface area contributed by atoms with Gasteiger partial charge in [0.25, 0.3) is 0 Å². The van der Waals surface area contributed by atoms with E-state index in [1.165, 1.54) is 18.2 Å². The van der Waals surface area contributed by atoms with Crippen LogP contribution in [-0.2, 0) is 9.84 Å². The Hall–Kier alpha value is -2.36. The van der Waals surface area contributed by atoms with Gasteiger partial charge in [-0.15, -0.1) is 0 Å². The summed E-state index contributed by atoms with van der Waals surface area (Å²) in [4.78, 5) is 0.205. The van der Waals surface area contributed by atoms with Crippen molar-refractivity contribution in [2.45, 2.75) is 19.3 Å². The fourth-order valence-corrected chi connectivity index (χ4v) is 4.84. The summed E-state index contributed by atoms with van der Waals surface area (Å²) in [5.41, 5.74) is 1.41. The van der Waals surface area contributed by atoms with Crippen molar-refractivity contribution in [2.75, 3.05) is 26.0 Å². The molecule has 2 rings (SSSR count). The lowest BCUT2D eigenvalue weighted by Gasteiger charge is -2.32. The molecule has 1 aromatic rings. The van der Waals surface area contributed by atoms with Crippen LogP contribution in [0.1, 0.15) is 24.8 Å². The van der Waals surface area contributed by atoms with E-state index in [2.05, 4.69) is 11.9 Å². The smallest absolute Gasteiger partial charge is 0.174 e. The van der Waals surface area contributed by atoms with E-state index in [-0.39, 0.29) is 28.1 Å². The second-order valence-corrected chi connectivity index (χ2v) is 8.85. The Balaban J connectivity index is 2.23. The molecule has 1 aromatic carbocycles. The molecular formula is C21H26N2O3S. The van der Waals surface area contributed by atoms with Crippen LogP contribution < -0.4 is 10.1 Å². The van der Waals surface area contributed by atoms with Crippen molar-refractivity contribution in [3.8, 4) is 11.8 Å². The Morgan fingerprint density at radius 1 is 1.41 bits per heavy atom. The van der Waals surface area contributed by atoms with Crippen molar-refractivity contribution in [1.82, 2.24) is 5.32 Å². The maximum absolute atomic E-state index is 12.9. The first kappa shape index (κ1) is 20.9. The molecule has 1 N–H and O–H groups in total. The zero-order chi connectivity index (χ0) is 19.9. The number of hydrogen-bond donors (Lipinski definition) is 1. The van der Waals surface area contributed by atoms with Crippen LogP contribution in [0.15, 0.2) is 59.6 Å². The molecule has 0 bridgehead atoms. The highest BCUT2D eigenvalue weighted by Gasteiger charge is 2.31. The summed E-state index contributed by atoms with van der Waals surface area (Å²) in [5, 5.41) is 12.4. The van der Waals surface area contributed by atoms with E-state index in [4.69, 9.17) is 10.00 Å². The van der Waals surface area contributed by atoms with Crippen LogP contribution in [0.4, 0.5) is 0 Å². The van der Waals surface area contributed by atoms with Gasteiger partial charge in [0.2, 0.25) is 0 Å². The van der Waals surface area contributed by atoms with E-state index in [1.54, 1.807) is 14.0 Å². The van der Waals surface area contributed by atoms with Gasteiger partial charge >= 0.3 is 0 Å². The summed E-state index contributed by atoms with van der Waals surface area (Å²) in [5.74, 6) is 0.966. The Labute approximate surface area is 162 Å². The normalized spacial score (nSPS) is 21.4. The number of methoxy groups -OCH3 is 1. The van der Waals surface area contributed by atoms with Gasteiger partial charge in [0.1, 0.15) is 5.75 Å². The maximum Gasteiger partial charge on any atom is 0.174 e. The molecule has 0 spiro atoms. The molecule has 0 aromatic heterocycles. The van der Waals surface area contributed by atoms with Crippen LogP contribution in [0.2, 0.25) is 0 Å². The minimum absolute atomic E-state index is 0.0329. The van der Waals surface area contributed by atoms with E-state index in [1.807, 2.05) is 30.3 Å². The highest BCUT2D eigenvalue weighted by molar-refractivity contribution is 7.95. The average molecular weight is 387 g/mol. The number of benzene rings is 1. The lowest BCUT2D eigenvalue weighted by atomic mass is 9.82. The fraction of sp³-hybridized carbons (Fsp3) is 0.381. The second kappa shape index (κ2) is 9.54. The minimum atomic E-state index is -3.47. The predicted octanol–water partition coefficient (Wildman–Crippen LogP) is 3.34. The van der Waals surface area contributed by atoms with Gasteiger partial charge < -0.3 is 10.1 Å². The number of hydrogen-bond acceptors (Lipinski definition) is 5. The monoisotopic (exact) mass is 386 g/mol. The molecule has 1 heterocycles. The standard InChI is InChI=1S/C21H26N2O3S/c1-4-5-17(13-22)12-16(2)27(24,25)15-19-14-23-11-10-21(19)18-6-8-20(26-3)9-7-18/h4-9,12,19,21,23H,1,10-11,14-15H2,2-3H3/b16-12+,17-5+/t19-,21-/m0/s1. The number of nitrogens with one attached hydrogen (secondary N) is 1. The quantitative estimate of drug-likeness (QED) is 0.574. The molecule has 1 fully saturated rings. The van der Waals surface area contributed by atoms with Crippen molar-refractivity contribution in [2.24, 2.45) is 5.92 Å². The van der Waals surface area contributed by atoms with Crippen LogP contribution in [0.3, 0.4) is 0 Å². The van der Waals surface area contributed by atoms with Gasteiger partial charge in [0, 0.05) is 4.91 Å². The molecule has 27 heavy (non-hydrogen) atoms. The lowest BCUT2D eigenvalue weighted by Crippen LogP contribution is -2.39. The number of piperidine rings is 1. The van der Waals surface area contributed by atoms with E-state index >= 15 is 0 Å². The first-order valence-corrected chi connectivity index (χ1v) is 10.5. The third-order valence-corrected chi connectivity index (χ3v) is 6.83. The predicted molar refractivity (Wildman–Crippen MR) is 108 cm³/mol. The Kier molecular flexibility index (Phi) is 7.40. The molecule has 5 nitrogen and oxygen atoms in total. The van der Waals surface area contributed by atoms with Gasteiger partial charge in [-0.2, -0.15) is 5.26 Å². The zero-order valence-electron chi connectivity index (χ0n) is 15.8. The largest absolute Gasteiger partial charge is 0.497 e. The van der Waals surface area contributed by atoms with Crippen LogP contribution in [0.25, 0.3) is 0 Å². The van der Waals surface area contributed by atoms with E-state index in [0.29, 0.717) is 6.54 Å². The molecule has 0 aliphatic carbocycles. The Morgan fingerprint density at radius 2 is 2.11 bits per heavy atom. The number of ether oxygens (including phenoxy) is 1. The topological polar surface area (TPSA) is 79.2 Å². The zero-order valence-corrected chi connectivity index (χ0v) is 16.6. The minimum Gasteiger partial charge on any atom is -0.497 e. The summed E-state index contributed by atoms with van der Waals surface area (Å²) in [6.45, 7) is 6.60. The summed E-state index contributed by atoms with van der Waals surface area (Å²) in [7, 11) is -1.84. The molecular weight excluding hydrogens is 360 g/mol. The van der Waals surface area contributed by atoms with E-state index in [0.717, 1.165) is 24.3 Å². The molecule has 1 aliphatic rings. The van der Waals surface area contributed by atoms with Crippen molar-refractivity contribution >= 4 is 9.84 Å². The third kappa shape index (κ3) is 5.56. The fourth-order valence-electron chi connectivity index (χ4n) is 3.35. The van der Waals surface area contributed by atoms with E-state index in [9.17, 15) is 8.42 Å². The van der Waals surface area contributed by atoms with Crippen LogP contribution in [-0.4, -0.2) is 34.4 Å². The first-order valence-electron chi connectivity index (χ1n) is 8.89. The van der Waals surface area contributed by atoms with Crippen molar-refractivity contribution in [1.29, 1.82) is 5.26 Å². The number of rotatable bonds is 7. The number of allylic oxidation sites excluding steroid dienone is 5. The third-order valence-electron chi connectivity index (χ3n) is 4.86. The van der Waals surface area contributed by atoms with Gasteiger partial charge in [-0.05, 0) is 68.1 Å². The molecule has 2 atom stereocenters. The van der Waals surface area contributed by atoms with Crippen LogP contribution in [0, 0.1) is 17.2 Å². The molecule has 0 saturated carbocycles. The Bertz CT molecular complexity index is 862. The molecule has 0 amide bonds. The molecule has 144 valence electrons. The molecule has 0 unspecified atom stereocenters. The van der Waals surface area contributed by atoms with Gasteiger partial charge in [-0.1, -0.05) is 24.8 Å². The molecule has 6 heteroatoms. The number of nitrogens with zero attached hydrogens (tertiary/aromatic N) is 1. The van der Waals surface area contributed by atoms with Crippen molar-refractivity contribution in [3.05, 3.63) is 65.1 Å². The van der Waals surface area contributed by atoms with Gasteiger partial charge in [0.05, 0.1) is 24.5 Å². The SMILES string of the molecule is C=C/C=C(C#N)\C=C(/C)S(=O)(=O)C[C@@H]1CNCC[C@H]1c1ccc(OC)cc1. The van der Waals surface area contributed by atoms with Gasteiger partial charge in [-0.3, -0.25) is 0 Å². The average Bonchev–Trinajstić information content (AvgIpc) is 2.67. The summed E-state index contributed by atoms with van der Waals surface area (Å²) < 4.78 is 30.9. The summed E-state index contributed by atoms with van der Waals surface area (Å²) in [6.07, 6.45) is 5.27. The summed E-state index contributed by atoms with van der Waals surface area (Å²) in [6, 6.07) is 9.82. The molecule has 1 aliphatic heterocycles. The molecule has 0 radical (unpaired) electrons. The van der Waals surface area contributed by atoms with Crippen molar-refractivity contribution < 1.29 is 13.2 Å². The Morgan fingerprint density at radius 3 is 2.70 bits per heavy atom. The summed E-state index contributed by atoms with van der Waals surface area (Å²) >= 11 is 0. The van der Waals surface area contributed by atoms with E-state index < -0.39 is 9.84 Å². The second-order valence-electron chi connectivity index (χ2n) is 6.64. The highest BCUT2D eigenvalue weighted by atomic mass is 32.2. The lowest BCUT2D eigenvalue weighted by molar-refractivity contribution is 0.350. The number of sulfone groups is 1. The van der Waals surface area contributed by atoms with Crippen molar-refractivity contribution in [3.63, 3.8) is 0 Å². The van der Waals surface area contributed by atoms with Crippen LogP contribution >= 0.6 is 0 Å². The van der Waals surface area contributed by atoms with Crippen LogP contribution in [0.5, 0.6) is 5.75 Å². The highest BCUT2D eigenvalue weighted by Crippen LogP contribution is 2.33. The van der Waals surface area contributed by atoms with Gasteiger partial charge in [-0.25, -0.2) is 8.42 Å². The maximum atomic E-state index is 12.9. The number of nitriles is 1.